The summed E-state index contributed by atoms with van der Waals surface area (Å²) in [7, 11) is 0. The molecule has 0 aliphatic heterocycles. The minimum atomic E-state index is -0.612. The molecule has 0 radical (unpaired) electrons. The van der Waals surface area contributed by atoms with Gasteiger partial charge in [0.1, 0.15) is 6.04 Å². The minimum Gasteiger partial charge on any atom is -0.368 e. The second-order valence-electron chi connectivity index (χ2n) is 5.62. The number of hydrogen-bond donors (Lipinski definition) is 2. The molecule has 0 spiro atoms. The number of benzene rings is 1. The molecule has 0 bridgehead atoms. The van der Waals surface area contributed by atoms with Crippen molar-refractivity contribution in [2.45, 2.75) is 24.5 Å². The molecule has 1 atom stereocenters. The summed E-state index contributed by atoms with van der Waals surface area (Å²) in [6.07, 6.45) is 0.476. The highest BCUT2D eigenvalue weighted by atomic mass is 35.5. The van der Waals surface area contributed by atoms with E-state index in [-0.39, 0.29) is 17.6 Å². The molecule has 28 heavy (non-hydrogen) atoms. The lowest BCUT2D eigenvalue weighted by atomic mass is 10.2. The lowest BCUT2D eigenvalue weighted by molar-refractivity contribution is -0.119. The Hall–Kier alpha value is -2.61. The van der Waals surface area contributed by atoms with Gasteiger partial charge in [-0.1, -0.05) is 42.4 Å². The van der Waals surface area contributed by atoms with Crippen molar-refractivity contribution in [1.82, 2.24) is 19.7 Å². The van der Waals surface area contributed by atoms with Crippen LogP contribution >= 0.6 is 34.7 Å². The van der Waals surface area contributed by atoms with Gasteiger partial charge >= 0.3 is 0 Å². The van der Waals surface area contributed by atoms with E-state index in [2.05, 4.69) is 20.5 Å². The number of rotatable bonds is 7. The zero-order chi connectivity index (χ0) is 20.1. The lowest BCUT2D eigenvalue weighted by Crippen LogP contribution is -2.27. The van der Waals surface area contributed by atoms with Crippen LogP contribution in [0.3, 0.4) is 0 Å². The number of nitrogens with one attached hydrogen (secondary N) is 1. The standard InChI is InChI=1S/C17H16ClN7OS2/c1-2-13(25-15(20)23-24-17(25)27-8-7-19)14(26)22-16-21-12(9-28-16)10-3-5-11(18)6-4-10/h3-6,9,13H,2,8H2,1H3,(H2,20,23)(H,21,22,26). The van der Waals surface area contributed by atoms with Crippen LogP contribution in [0.2, 0.25) is 5.02 Å². The van der Waals surface area contributed by atoms with Crippen molar-refractivity contribution in [3.63, 3.8) is 0 Å². The van der Waals surface area contributed by atoms with Crippen LogP contribution in [0.25, 0.3) is 11.3 Å². The predicted octanol–water partition coefficient (Wildman–Crippen LogP) is 3.84. The molecule has 0 saturated heterocycles. The zero-order valence-corrected chi connectivity index (χ0v) is 17.2. The SMILES string of the molecule is CCC(C(=O)Nc1nc(-c2ccc(Cl)cc2)cs1)n1c(N)nnc1SCC#N. The fourth-order valence-electron chi connectivity index (χ4n) is 2.53. The molecule has 11 heteroatoms. The Morgan fingerprint density at radius 2 is 2.18 bits per heavy atom. The Kier molecular flexibility index (Phi) is 6.51. The van der Waals surface area contributed by atoms with E-state index in [0.717, 1.165) is 11.3 Å². The van der Waals surface area contributed by atoms with Crippen LogP contribution in [0.5, 0.6) is 0 Å². The normalized spacial score (nSPS) is 11.8. The number of thiazole rings is 1. The van der Waals surface area contributed by atoms with Crippen LogP contribution in [0.15, 0.2) is 34.8 Å². The van der Waals surface area contributed by atoms with Crippen LogP contribution < -0.4 is 11.1 Å². The van der Waals surface area contributed by atoms with Gasteiger partial charge in [0.05, 0.1) is 17.5 Å². The van der Waals surface area contributed by atoms with Gasteiger partial charge in [0.15, 0.2) is 10.3 Å². The van der Waals surface area contributed by atoms with Gasteiger partial charge in [0, 0.05) is 16.0 Å². The number of aromatic nitrogens is 4. The molecule has 1 unspecified atom stereocenters. The van der Waals surface area contributed by atoms with Crippen molar-refractivity contribution >= 4 is 51.7 Å². The van der Waals surface area contributed by atoms with Gasteiger partial charge in [-0.25, -0.2) is 4.98 Å². The summed E-state index contributed by atoms with van der Waals surface area (Å²) in [5.41, 5.74) is 7.56. The first-order chi connectivity index (χ1) is 13.5. The minimum absolute atomic E-state index is 0.128. The first kappa shape index (κ1) is 20.1. The summed E-state index contributed by atoms with van der Waals surface area (Å²) >= 11 is 8.42. The Morgan fingerprint density at radius 3 is 2.86 bits per heavy atom. The number of anilines is 2. The van der Waals surface area contributed by atoms with Gasteiger partial charge in [-0.05, 0) is 18.6 Å². The number of carbonyl (C=O) groups is 1. The average Bonchev–Trinajstić information content (AvgIpc) is 3.29. The maximum absolute atomic E-state index is 12.8. The Labute approximate surface area is 174 Å². The first-order valence-corrected chi connectivity index (χ1v) is 10.5. The third-order valence-corrected chi connectivity index (χ3v) is 5.65. The number of nitriles is 1. The second-order valence-corrected chi connectivity index (χ2v) is 7.85. The summed E-state index contributed by atoms with van der Waals surface area (Å²) < 4.78 is 1.55. The zero-order valence-electron chi connectivity index (χ0n) is 14.8. The molecule has 0 aliphatic rings. The van der Waals surface area contributed by atoms with E-state index >= 15 is 0 Å². The fourth-order valence-corrected chi connectivity index (χ4v) is 4.04. The molecule has 3 N–H and O–H groups in total. The van der Waals surface area contributed by atoms with Crippen molar-refractivity contribution in [3.8, 4) is 17.3 Å². The molecule has 8 nitrogen and oxygen atoms in total. The Morgan fingerprint density at radius 1 is 1.43 bits per heavy atom. The average molecular weight is 434 g/mol. The van der Waals surface area contributed by atoms with E-state index in [1.165, 1.54) is 23.1 Å². The molecule has 3 rings (SSSR count). The van der Waals surface area contributed by atoms with Gasteiger partial charge in [-0.2, -0.15) is 5.26 Å². The highest BCUT2D eigenvalue weighted by Gasteiger charge is 2.25. The van der Waals surface area contributed by atoms with Gasteiger partial charge in [-0.15, -0.1) is 21.5 Å². The molecule has 2 aromatic heterocycles. The quantitative estimate of drug-likeness (QED) is 0.542. The molecule has 0 aliphatic carbocycles. The van der Waals surface area contributed by atoms with Crippen LogP contribution in [-0.2, 0) is 4.79 Å². The van der Waals surface area contributed by atoms with Gasteiger partial charge in [-0.3, -0.25) is 9.36 Å². The number of nitrogen functional groups attached to an aromatic ring is 1. The number of nitrogens with zero attached hydrogens (tertiary/aromatic N) is 5. The largest absolute Gasteiger partial charge is 0.368 e. The number of hydrogen-bond acceptors (Lipinski definition) is 8. The van der Waals surface area contributed by atoms with E-state index in [1.54, 1.807) is 16.7 Å². The number of nitrogens with two attached hydrogens (primary N) is 1. The number of amides is 1. The van der Waals surface area contributed by atoms with E-state index in [1.807, 2.05) is 30.5 Å². The van der Waals surface area contributed by atoms with Crippen molar-refractivity contribution < 1.29 is 4.79 Å². The molecular weight excluding hydrogens is 418 g/mol. The fraction of sp³-hybridized carbons (Fsp3) is 0.235. The van der Waals surface area contributed by atoms with E-state index in [0.29, 0.717) is 21.7 Å². The highest BCUT2D eigenvalue weighted by molar-refractivity contribution is 7.99. The highest BCUT2D eigenvalue weighted by Crippen LogP contribution is 2.29. The van der Waals surface area contributed by atoms with E-state index in [9.17, 15) is 4.79 Å². The Bertz CT molecular complexity index is 1010. The molecule has 2 heterocycles. The smallest absolute Gasteiger partial charge is 0.249 e. The van der Waals surface area contributed by atoms with Crippen LogP contribution in [0.1, 0.15) is 19.4 Å². The van der Waals surface area contributed by atoms with Gasteiger partial charge < -0.3 is 11.1 Å². The summed E-state index contributed by atoms with van der Waals surface area (Å²) in [5.74, 6) is 0.0425. The Balaban J connectivity index is 1.78. The van der Waals surface area contributed by atoms with Crippen LogP contribution in [0, 0.1) is 11.3 Å². The van der Waals surface area contributed by atoms with Crippen molar-refractivity contribution in [2.24, 2.45) is 0 Å². The maximum Gasteiger partial charge on any atom is 0.249 e. The lowest BCUT2D eigenvalue weighted by Gasteiger charge is -2.17. The number of halogens is 1. The third-order valence-electron chi connectivity index (χ3n) is 3.83. The van der Waals surface area contributed by atoms with E-state index in [4.69, 9.17) is 22.6 Å². The van der Waals surface area contributed by atoms with Crippen LogP contribution in [0.4, 0.5) is 11.1 Å². The topological polar surface area (TPSA) is 123 Å². The van der Waals surface area contributed by atoms with Crippen LogP contribution in [-0.4, -0.2) is 31.4 Å². The van der Waals surface area contributed by atoms with E-state index < -0.39 is 6.04 Å². The third kappa shape index (κ3) is 4.44. The van der Waals surface area contributed by atoms with Gasteiger partial charge in [0.25, 0.3) is 0 Å². The number of carbonyl (C=O) groups excluding carboxylic acids is 1. The summed E-state index contributed by atoms with van der Waals surface area (Å²) in [6.45, 7) is 1.86. The predicted molar refractivity (Wildman–Crippen MR) is 111 cm³/mol. The molecule has 144 valence electrons. The van der Waals surface area contributed by atoms with Crippen molar-refractivity contribution in [1.29, 1.82) is 5.26 Å². The molecule has 0 saturated carbocycles. The summed E-state index contributed by atoms with van der Waals surface area (Å²) in [4.78, 5) is 17.3. The molecule has 1 aromatic carbocycles. The second kappa shape index (κ2) is 9.05. The monoisotopic (exact) mass is 433 g/mol. The summed E-state index contributed by atoms with van der Waals surface area (Å²) in [6, 6.07) is 8.73. The molecular formula is C17H16ClN7OS2. The first-order valence-electron chi connectivity index (χ1n) is 8.26. The maximum atomic E-state index is 12.8. The van der Waals surface area contributed by atoms with Gasteiger partial charge in [0.2, 0.25) is 11.9 Å². The molecule has 1 amide bonds. The number of thioether (sulfide) groups is 1. The molecule has 3 aromatic rings. The van der Waals surface area contributed by atoms with Crippen molar-refractivity contribution in [3.05, 3.63) is 34.7 Å². The summed E-state index contributed by atoms with van der Waals surface area (Å²) in [5, 5.41) is 22.8. The van der Waals surface area contributed by atoms with Crippen molar-refractivity contribution in [2.75, 3.05) is 16.8 Å². The molecule has 0 fully saturated rings.